The predicted molar refractivity (Wildman–Crippen MR) is 264 cm³/mol. The summed E-state index contributed by atoms with van der Waals surface area (Å²) >= 11 is 0. The smallest absolute Gasteiger partial charge is 0.462 e. The second-order valence-electron chi connectivity index (χ2n) is 17.8. The van der Waals surface area contributed by atoms with Crippen LogP contribution in [0.4, 0.5) is 0 Å². The molecule has 4 N–H and O–H groups in total. The summed E-state index contributed by atoms with van der Waals surface area (Å²) in [5.41, 5.74) is 0. The van der Waals surface area contributed by atoms with Gasteiger partial charge in [0.2, 0.25) is 11.8 Å². The molecule has 3 atom stereocenters. The van der Waals surface area contributed by atoms with E-state index in [1.807, 2.05) is 0 Å². The van der Waals surface area contributed by atoms with E-state index in [1.54, 1.807) is 0 Å². The molecule has 0 saturated carbocycles. The number of ether oxygens (including phenoxy) is 2. The van der Waals surface area contributed by atoms with Crippen molar-refractivity contribution in [1.29, 1.82) is 0 Å². The molecular weight excluding hydrogens is 902 g/mol. The van der Waals surface area contributed by atoms with Crippen molar-refractivity contribution in [2.24, 2.45) is 0 Å². The molecule has 0 bridgehead atoms. The molecule has 0 saturated heterocycles. The van der Waals surface area contributed by atoms with E-state index in [-0.39, 0.29) is 63.9 Å². The maximum atomic E-state index is 12.8. The average molecular weight is 999 g/mol. The van der Waals surface area contributed by atoms with Crippen LogP contribution < -0.4 is 10.6 Å². The number of unbranched alkanes of at least 4 members (excludes halogenated alkanes) is 27. The van der Waals surface area contributed by atoms with E-state index >= 15 is 0 Å². The van der Waals surface area contributed by atoms with Crippen LogP contribution in [-0.2, 0) is 55.9 Å². The molecule has 67 heavy (non-hydrogen) atoms. The van der Waals surface area contributed by atoms with Gasteiger partial charge in [-0.25, -0.2) is 9.13 Å². The molecule has 0 fully saturated rings. The molecule has 18 heteroatoms. The first-order valence-electron chi connectivity index (χ1n) is 26.4. The van der Waals surface area contributed by atoms with Crippen LogP contribution in [0.1, 0.15) is 239 Å². The Morgan fingerprint density at radius 1 is 0.433 bits per heavy atom. The Bertz CT molecular complexity index is 1310. The molecule has 0 aromatic heterocycles. The van der Waals surface area contributed by atoms with Gasteiger partial charge in [0.15, 0.2) is 6.10 Å². The molecule has 2 amide bonds. The molecule has 0 aromatic rings. The quantitative estimate of drug-likeness (QED) is 0.0253. The summed E-state index contributed by atoms with van der Waals surface area (Å²) in [6, 6.07) is 0. The van der Waals surface area contributed by atoms with Crippen molar-refractivity contribution < 1.29 is 65.7 Å². The molecule has 16 nitrogen and oxygen atoms in total. The Kier molecular flexibility index (Phi) is 45.2. The van der Waals surface area contributed by atoms with Gasteiger partial charge in [-0.2, -0.15) is 0 Å². The van der Waals surface area contributed by atoms with Crippen molar-refractivity contribution in [2.75, 3.05) is 46.6 Å². The Morgan fingerprint density at radius 2 is 0.836 bits per heavy atom. The van der Waals surface area contributed by atoms with E-state index in [2.05, 4.69) is 29.0 Å². The highest BCUT2D eigenvalue weighted by molar-refractivity contribution is 7.47. The van der Waals surface area contributed by atoms with E-state index in [1.165, 1.54) is 116 Å². The van der Waals surface area contributed by atoms with Crippen LogP contribution in [0, 0.1) is 0 Å². The third-order valence-corrected chi connectivity index (χ3v) is 13.4. The van der Waals surface area contributed by atoms with Crippen LogP contribution in [0.3, 0.4) is 0 Å². The SMILES string of the molecule is CCCCCCCCCCCCCCCC(=O)OCC(COP(=O)(O)OCCNC(=O)CCCC(=O)NCCCCCCOP(=O)(O)OC)OC(=O)CCCCCCCCCCCCCCC. The number of amides is 2. The second-order valence-corrected chi connectivity index (χ2v) is 20.8. The van der Waals surface area contributed by atoms with Gasteiger partial charge in [-0.1, -0.05) is 181 Å². The Morgan fingerprint density at radius 3 is 1.31 bits per heavy atom. The first-order chi connectivity index (χ1) is 32.3. The topological polar surface area (TPSA) is 222 Å². The van der Waals surface area contributed by atoms with Gasteiger partial charge in [-0.05, 0) is 32.1 Å². The molecular formula is C49H96N2O14P2. The maximum Gasteiger partial charge on any atom is 0.472 e. The lowest BCUT2D eigenvalue weighted by Crippen LogP contribution is -2.30. The van der Waals surface area contributed by atoms with Gasteiger partial charge in [0, 0.05) is 45.9 Å². The van der Waals surface area contributed by atoms with E-state index in [0.29, 0.717) is 32.2 Å². The molecule has 3 unspecified atom stereocenters. The fourth-order valence-corrected chi connectivity index (χ4v) is 8.60. The van der Waals surface area contributed by atoms with Crippen molar-refractivity contribution in [2.45, 2.75) is 245 Å². The van der Waals surface area contributed by atoms with E-state index in [9.17, 15) is 38.1 Å². The number of rotatable bonds is 51. The third-order valence-electron chi connectivity index (χ3n) is 11.5. The Labute approximate surface area is 405 Å². The number of esters is 2. The van der Waals surface area contributed by atoms with Gasteiger partial charge in [0.05, 0.1) is 19.8 Å². The number of carbonyl (C=O) groups excluding carboxylic acids is 4. The zero-order valence-electron chi connectivity index (χ0n) is 42.3. The Hall–Kier alpha value is -1.90. The minimum Gasteiger partial charge on any atom is -0.462 e. The zero-order valence-corrected chi connectivity index (χ0v) is 44.0. The third kappa shape index (κ3) is 47.6. The van der Waals surface area contributed by atoms with Crippen molar-refractivity contribution in [1.82, 2.24) is 10.6 Å². The van der Waals surface area contributed by atoms with Crippen molar-refractivity contribution in [3.63, 3.8) is 0 Å². The van der Waals surface area contributed by atoms with Gasteiger partial charge in [-0.15, -0.1) is 0 Å². The molecule has 0 radical (unpaired) electrons. The van der Waals surface area contributed by atoms with Gasteiger partial charge < -0.3 is 29.9 Å². The number of carbonyl (C=O) groups is 4. The number of nitrogens with one attached hydrogen (secondary N) is 2. The highest BCUT2D eigenvalue weighted by Gasteiger charge is 2.26. The van der Waals surface area contributed by atoms with Crippen LogP contribution >= 0.6 is 15.6 Å². The van der Waals surface area contributed by atoms with Gasteiger partial charge in [0.25, 0.3) is 0 Å². The highest BCUT2D eigenvalue weighted by atomic mass is 31.2. The first-order valence-corrected chi connectivity index (χ1v) is 29.4. The van der Waals surface area contributed by atoms with Gasteiger partial charge in [0.1, 0.15) is 6.61 Å². The largest absolute Gasteiger partial charge is 0.472 e. The monoisotopic (exact) mass is 999 g/mol. The van der Waals surface area contributed by atoms with E-state index < -0.39 is 40.3 Å². The summed E-state index contributed by atoms with van der Waals surface area (Å²) in [4.78, 5) is 69.3. The molecule has 0 aliphatic rings. The van der Waals surface area contributed by atoms with Crippen molar-refractivity contribution in [3.8, 4) is 0 Å². The molecule has 0 aromatic carbocycles. The van der Waals surface area contributed by atoms with Crippen LogP contribution in [0.2, 0.25) is 0 Å². The molecule has 0 aliphatic carbocycles. The van der Waals surface area contributed by atoms with Gasteiger partial charge >= 0.3 is 27.6 Å². The first kappa shape index (κ1) is 65.1. The van der Waals surface area contributed by atoms with E-state index in [0.717, 1.165) is 64.9 Å². The fraction of sp³-hybridized carbons (Fsp3) is 0.918. The van der Waals surface area contributed by atoms with Crippen LogP contribution in [0.5, 0.6) is 0 Å². The summed E-state index contributed by atoms with van der Waals surface area (Å²) in [5.74, 6) is -1.48. The van der Waals surface area contributed by atoms with Gasteiger partial charge in [-0.3, -0.25) is 37.3 Å². The summed E-state index contributed by atoms with van der Waals surface area (Å²) in [6.45, 7) is 3.77. The number of hydrogen-bond acceptors (Lipinski definition) is 12. The summed E-state index contributed by atoms with van der Waals surface area (Å²) in [6.07, 6.45) is 33.5. The lowest BCUT2D eigenvalue weighted by molar-refractivity contribution is -0.161. The lowest BCUT2D eigenvalue weighted by atomic mass is 10.0. The molecule has 396 valence electrons. The number of hydrogen-bond donors (Lipinski definition) is 4. The van der Waals surface area contributed by atoms with E-state index in [4.69, 9.17) is 23.0 Å². The molecule has 0 heterocycles. The molecule has 0 spiro atoms. The highest BCUT2D eigenvalue weighted by Crippen LogP contribution is 2.43. The normalized spacial score (nSPS) is 13.7. The predicted octanol–water partition coefficient (Wildman–Crippen LogP) is 12.3. The van der Waals surface area contributed by atoms with Crippen molar-refractivity contribution in [3.05, 3.63) is 0 Å². The maximum absolute atomic E-state index is 12.8. The Balaban J connectivity index is 4.54. The second kappa shape index (κ2) is 46.5. The van der Waals surface area contributed by atoms with Crippen LogP contribution in [-0.4, -0.2) is 86.3 Å². The molecule has 0 rings (SSSR count). The number of phosphoric acid groups is 2. The van der Waals surface area contributed by atoms with Crippen LogP contribution in [0.15, 0.2) is 0 Å². The average Bonchev–Trinajstić information content (AvgIpc) is 3.30. The fourth-order valence-electron chi connectivity index (χ4n) is 7.39. The van der Waals surface area contributed by atoms with Crippen LogP contribution in [0.25, 0.3) is 0 Å². The molecule has 0 aliphatic heterocycles. The van der Waals surface area contributed by atoms with Crippen molar-refractivity contribution >= 4 is 39.4 Å². The summed E-state index contributed by atoms with van der Waals surface area (Å²) in [7, 11) is -7.48. The lowest BCUT2D eigenvalue weighted by Gasteiger charge is -2.20. The number of phosphoric ester groups is 2. The summed E-state index contributed by atoms with van der Waals surface area (Å²) in [5, 5.41) is 5.37. The standard InChI is InChI=1S/C49H96N2O14P2/c1-4-6-8-10-12-14-16-18-20-22-24-26-30-37-48(54)61-43-45(65-49(55)38-31-27-25-23-21-19-17-15-13-11-9-7-5-2)44-64-67(58,59)63-42-40-51-47(53)36-34-35-46(52)50-39-32-28-29-33-41-62-66(56,57)60-3/h45H,4-44H2,1-3H3,(H,50,52)(H,51,53)(H,56,57)(H,58,59). The zero-order chi connectivity index (χ0) is 49.5. The summed E-state index contributed by atoms with van der Waals surface area (Å²) < 4.78 is 54.2. The minimum atomic E-state index is -4.63. The minimum absolute atomic E-state index is 0.0708.